The maximum absolute atomic E-state index is 12.2. The third-order valence-corrected chi connectivity index (χ3v) is 2.80. The molecule has 19 heavy (non-hydrogen) atoms. The first-order valence-corrected chi connectivity index (χ1v) is 6.31. The molecule has 5 heteroatoms. The Hall–Kier alpha value is -1.52. The summed E-state index contributed by atoms with van der Waals surface area (Å²) in [5.41, 5.74) is 1.09. The van der Waals surface area contributed by atoms with Crippen LogP contribution in [0.5, 0.6) is 0 Å². The molecule has 0 spiro atoms. The van der Waals surface area contributed by atoms with Crippen molar-refractivity contribution in [2.75, 3.05) is 13.1 Å². The zero-order valence-electron chi connectivity index (χ0n) is 10.9. The molecule has 106 valence electrons. The summed E-state index contributed by atoms with van der Waals surface area (Å²) in [6.07, 6.45) is -2.91. The normalized spacial score (nSPS) is 11.4. The van der Waals surface area contributed by atoms with Gasteiger partial charge >= 0.3 is 6.18 Å². The molecule has 1 aromatic carbocycles. The highest BCUT2D eigenvalue weighted by molar-refractivity contribution is 5.76. The summed E-state index contributed by atoms with van der Waals surface area (Å²) >= 11 is 0. The molecule has 0 aliphatic rings. The Morgan fingerprint density at radius 2 is 1.84 bits per heavy atom. The number of carbonyl (C=O) groups is 1. The van der Waals surface area contributed by atoms with E-state index in [1.807, 2.05) is 30.3 Å². The average molecular weight is 273 g/mol. The van der Waals surface area contributed by atoms with E-state index in [2.05, 4.69) is 0 Å². The fraction of sp³-hybridized carbons (Fsp3) is 0.500. The molecular weight excluding hydrogens is 255 g/mol. The van der Waals surface area contributed by atoms with Gasteiger partial charge in [0.15, 0.2) is 0 Å². The number of hydrogen-bond donors (Lipinski definition) is 0. The number of benzene rings is 1. The van der Waals surface area contributed by atoms with Crippen LogP contribution in [0.4, 0.5) is 13.2 Å². The molecule has 0 aromatic heterocycles. The van der Waals surface area contributed by atoms with Gasteiger partial charge in [-0.05, 0) is 25.3 Å². The topological polar surface area (TPSA) is 20.3 Å². The van der Waals surface area contributed by atoms with Gasteiger partial charge in [-0.2, -0.15) is 13.2 Å². The molecule has 0 saturated heterocycles. The minimum absolute atomic E-state index is 0.0870. The molecule has 2 nitrogen and oxygen atoms in total. The van der Waals surface area contributed by atoms with Gasteiger partial charge in [0.25, 0.3) is 0 Å². The minimum atomic E-state index is -4.33. The molecule has 0 aliphatic heterocycles. The molecule has 0 unspecified atom stereocenters. The lowest BCUT2D eigenvalue weighted by Crippen LogP contribution is -2.38. The second-order valence-corrected chi connectivity index (χ2v) is 4.36. The Bertz CT molecular complexity index is 389. The van der Waals surface area contributed by atoms with E-state index >= 15 is 0 Å². The van der Waals surface area contributed by atoms with E-state index in [1.165, 1.54) is 0 Å². The maximum atomic E-state index is 12.2. The summed E-state index contributed by atoms with van der Waals surface area (Å²) in [5.74, 6) is -0.434. The van der Waals surface area contributed by atoms with Crippen molar-refractivity contribution in [3.63, 3.8) is 0 Å². The maximum Gasteiger partial charge on any atom is 0.406 e. The largest absolute Gasteiger partial charge is 0.406 e. The summed E-state index contributed by atoms with van der Waals surface area (Å²) in [6.45, 7) is 0.484. The third-order valence-electron chi connectivity index (χ3n) is 2.80. The first kappa shape index (κ1) is 15.5. The van der Waals surface area contributed by atoms with E-state index < -0.39 is 18.6 Å². The molecule has 0 bridgehead atoms. The lowest BCUT2D eigenvalue weighted by Gasteiger charge is -2.22. The van der Waals surface area contributed by atoms with Crippen LogP contribution < -0.4 is 0 Å². The number of alkyl halides is 3. The number of amides is 1. The number of hydrogen-bond acceptors (Lipinski definition) is 1. The zero-order chi connectivity index (χ0) is 14.3. The van der Waals surface area contributed by atoms with Crippen LogP contribution in [0.1, 0.15) is 25.3 Å². The fourth-order valence-corrected chi connectivity index (χ4v) is 1.84. The smallest absolute Gasteiger partial charge is 0.334 e. The zero-order valence-corrected chi connectivity index (χ0v) is 10.9. The molecule has 0 N–H and O–H groups in total. The summed E-state index contributed by atoms with van der Waals surface area (Å²) in [4.78, 5) is 12.5. The van der Waals surface area contributed by atoms with Gasteiger partial charge in [0.2, 0.25) is 5.91 Å². The van der Waals surface area contributed by atoms with Crippen molar-refractivity contribution in [3.8, 4) is 0 Å². The lowest BCUT2D eigenvalue weighted by molar-refractivity contribution is -0.160. The minimum Gasteiger partial charge on any atom is -0.334 e. The Balaban J connectivity index is 2.37. The van der Waals surface area contributed by atoms with Crippen LogP contribution in [0.2, 0.25) is 0 Å². The molecule has 0 heterocycles. The molecule has 0 radical (unpaired) electrons. The van der Waals surface area contributed by atoms with Crippen LogP contribution in [-0.2, 0) is 11.2 Å². The predicted octanol–water partition coefficient (Wildman–Crippen LogP) is 3.42. The number of nitrogens with zero attached hydrogens (tertiary/aromatic N) is 1. The molecule has 0 saturated carbocycles. The van der Waals surface area contributed by atoms with Crippen molar-refractivity contribution in [1.82, 2.24) is 4.90 Å². The predicted molar refractivity (Wildman–Crippen MR) is 67.7 cm³/mol. The van der Waals surface area contributed by atoms with Gasteiger partial charge in [0.05, 0.1) is 0 Å². The van der Waals surface area contributed by atoms with Gasteiger partial charge in [-0.3, -0.25) is 4.79 Å². The third kappa shape index (κ3) is 6.27. The van der Waals surface area contributed by atoms with Gasteiger partial charge in [0.1, 0.15) is 6.54 Å². The Morgan fingerprint density at radius 1 is 1.21 bits per heavy atom. The molecule has 0 aliphatic carbocycles. The van der Waals surface area contributed by atoms with E-state index in [-0.39, 0.29) is 13.0 Å². The van der Waals surface area contributed by atoms with E-state index in [1.54, 1.807) is 6.92 Å². The molecular formula is C14H18F3NO. The van der Waals surface area contributed by atoms with Crippen LogP contribution in [0.15, 0.2) is 30.3 Å². The second kappa shape index (κ2) is 7.16. The van der Waals surface area contributed by atoms with Gasteiger partial charge in [-0.1, -0.05) is 30.3 Å². The van der Waals surface area contributed by atoms with E-state index in [0.29, 0.717) is 12.8 Å². The summed E-state index contributed by atoms with van der Waals surface area (Å²) in [6, 6.07) is 9.59. The van der Waals surface area contributed by atoms with Gasteiger partial charge in [-0.25, -0.2) is 0 Å². The summed E-state index contributed by atoms with van der Waals surface area (Å²) in [5, 5.41) is 0. The lowest BCUT2D eigenvalue weighted by atomic mass is 10.1. The number of carbonyl (C=O) groups excluding carboxylic acids is 1. The highest BCUT2D eigenvalue weighted by atomic mass is 19.4. The first-order valence-electron chi connectivity index (χ1n) is 6.31. The van der Waals surface area contributed by atoms with Crippen molar-refractivity contribution in [3.05, 3.63) is 35.9 Å². The van der Waals surface area contributed by atoms with Gasteiger partial charge in [0, 0.05) is 13.0 Å². The first-order chi connectivity index (χ1) is 8.92. The number of rotatable bonds is 6. The Morgan fingerprint density at radius 3 is 2.37 bits per heavy atom. The van der Waals surface area contributed by atoms with Gasteiger partial charge < -0.3 is 4.90 Å². The van der Waals surface area contributed by atoms with Crippen molar-refractivity contribution in [1.29, 1.82) is 0 Å². The van der Waals surface area contributed by atoms with Crippen LogP contribution in [0.3, 0.4) is 0 Å². The molecule has 1 aromatic rings. The highest BCUT2D eigenvalue weighted by Gasteiger charge is 2.31. The fourth-order valence-electron chi connectivity index (χ4n) is 1.84. The Labute approximate surface area is 111 Å². The monoisotopic (exact) mass is 273 g/mol. The van der Waals surface area contributed by atoms with Crippen molar-refractivity contribution < 1.29 is 18.0 Å². The summed E-state index contributed by atoms with van der Waals surface area (Å²) in [7, 11) is 0. The number of halogens is 3. The van der Waals surface area contributed by atoms with Crippen molar-refractivity contribution in [2.45, 2.75) is 32.4 Å². The van der Waals surface area contributed by atoms with Crippen LogP contribution in [0.25, 0.3) is 0 Å². The highest BCUT2D eigenvalue weighted by Crippen LogP contribution is 2.17. The molecule has 0 atom stereocenters. The molecule has 1 amide bonds. The standard InChI is InChI=1S/C14H18F3NO/c1-2-18(11-14(15,16)17)13(19)10-6-9-12-7-4-3-5-8-12/h3-5,7-8H,2,6,9-11H2,1H3. The Kier molecular flexibility index (Phi) is 5.86. The van der Waals surface area contributed by atoms with Crippen molar-refractivity contribution in [2.24, 2.45) is 0 Å². The van der Waals surface area contributed by atoms with Crippen molar-refractivity contribution >= 4 is 5.91 Å². The molecule has 0 fully saturated rings. The van der Waals surface area contributed by atoms with Crippen LogP contribution in [-0.4, -0.2) is 30.1 Å². The molecule has 1 rings (SSSR count). The van der Waals surface area contributed by atoms with Gasteiger partial charge in [-0.15, -0.1) is 0 Å². The van der Waals surface area contributed by atoms with E-state index in [9.17, 15) is 18.0 Å². The SMILES string of the molecule is CCN(CC(F)(F)F)C(=O)CCCc1ccccc1. The second-order valence-electron chi connectivity index (χ2n) is 4.36. The van der Waals surface area contributed by atoms with E-state index in [0.717, 1.165) is 10.5 Å². The van der Waals surface area contributed by atoms with Crippen LogP contribution >= 0.6 is 0 Å². The summed E-state index contributed by atoms with van der Waals surface area (Å²) < 4.78 is 36.7. The van der Waals surface area contributed by atoms with E-state index in [4.69, 9.17) is 0 Å². The number of aryl methyl sites for hydroxylation is 1. The quantitative estimate of drug-likeness (QED) is 0.777. The van der Waals surface area contributed by atoms with Crippen LogP contribution in [0, 0.1) is 0 Å². The average Bonchev–Trinajstić information content (AvgIpc) is 2.36.